The van der Waals surface area contributed by atoms with Crippen molar-refractivity contribution in [2.24, 2.45) is 11.7 Å². The highest BCUT2D eigenvalue weighted by atomic mass is 16.2. The third-order valence-corrected chi connectivity index (χ3v) is 4.10. The van der Waals surface area contributed by atoms with Crippen LogP contribution in [-0.2, 0) is 0 Å². The first-order valence-corrected chi connectivity index (χ1v) is 8.06. The number of hydrogen-bond acceptors (Lipinski definition) is 3. The Kier molecular flexibility index (Phi) is 5.52. The number of hydrogen-bond donors (Lipinski definition) is 1. The predicted molar refractivity (Wildman–Crippen MR) is 85.5 cm³/mol. The molecule has 0 saturated heterocycles. The summed E-state index contributed by atoms with van der Waals surface area (Å²) < 4.78 is 0. The molecule has 2 N–H and O–H groups in total. The van der Waals surface area contributed by atoms with Crippen LogP contribution in [0.5, 0.6) is 0 Å². The third-order valence-electron chi connectivity index (χ3n) is 4.10. The number of carbonyl (C=O) groups excluding carboxylic acids is 2. The van der Waals surface area contributed by atoms with Gasteiger partial charge in [-0.25, -0.2) is 0 Å². The Hall–Kier alpha value is -1.91. The summed E-state index contributed by atoms with van der Waals surface area (Å²) in [6, 6.07) is 3.48. The minimum Gasteiger partial charge on any atom is -0.364 e. The molecule has 22 heavy (non-hydrogen) atoms. The van der Waals surface area contributed by atoms with Crippen LogP contribution in [0.15, 0.2) is 18.3 Å². The van der Waals surface area contributed by atoms with E-state index >= 15 is 0 Å². The van der Waals surface area contributed by atoms with Gasteiger partial charge in [-0.2, -0.15) is 0 Å². The molecule has 120 valence electrons. The van der Waals surface area contributed by atoms with E-state index in [-0.39, 0.29) is 11.6 Å². The monoisotopic (exact) mass is 303 g/mol. The van der Waals surface area contributed by atoms with E-state index in [1.807, 2.05) is 4.90 Å². The average Bonchev–Trinajstić information content (AvgIpc) is 2.52. The van der Waals surface area contributed by atoms with Gasteiger partial charge in [0.2, 0.25) is 0 Å². The largest absolute Gasteiger partial charge is 0.364 e. The number of carbonyl (C=O) groups is 2. The van der Waals surface area contributed by atoms with Gasteiger partial charge in [-0.1, -0.05) is 33.1 Å². The topological polar surface area (TPSA) is 76.3 Å². The van der Waals surface area contributed by atoms with E-state index in [4.69, 9.17) is 5.73 Å². The van der Waals surface area contributed by atoms with Crippen LogP contribution in [0, 0.1) is 5.92 Å². The van der Waals surface area contributed by atoms with Crippen molar-refractivity contribution in [2.45, 2.75) is 52.0 Å². The Morgan fingerprint density at radius 2 is 1.95 bits per heavy atom. The molecule has 0 unspecified atom stereocenters. The number of pyridine rings is 1. The van der Waals surface area contributed by atoms with Crippen molar-refractivity contribution in [3.63, 3.8) is 0 Å². The minimum absolute atomic E-state index is 0.00382. The van der Waals surface area contributed by atoms with Gasteiger partial charge < -0.3 is 10.6 Å². The van der Waals surface area contributed by atoms with E-state index in [1.165, 1.54) is 31.5 Å². The molecule has 1 aromatic rings. The van der Waals surface area contributed by atoms with E-state index in [1.54, 1.807) is 6.07 Å². The first kappa shape index (κ1) is 16.5. The highest BCUT2D eigenvalue weighted by Gasteiger charge is 2.27. The molecule has 1 fully saturated rings. The molecule has 2 rings (SSSR count). The fraction of sp³-hybridized carbons (Fsp3) is 0.588. The summed E-state index contributed by atoms with van der Waals surface area (Å²) >= 11 is 0. The highest BCUT2D eigenvalue weighted by molar-refractivity contribution is 5.96. The van der Waals surface area contributed by atoms with E-state index in [2.05, 4.69) is 18.8 Å². The molecule has 2 amide bonds. The van der Waals surface area contributed by atoms with Gasteiger partial charge in [-0.05, 0) is 30.9 Å². The molecule has 1 aromatic heterocycles. The van der Waals surface area contributed by atoms with Gasteiger partial charge >= 0.3 is 0 Å². The summed E-state index contributed by atoms with van der Waals surface area (Å²) in [7, 11) is 0. The maximum atomic E-state index is 12.8. The number of primary amides is 1. The molecule has 0 aromatic carbocycles. The highest BCUT2D eigenvalue weighted by Crippen LogP contribution is 2.24. The summed E-state index contributed by atoms with van der Waals surface area (Å²) in [6.07, 6.45) is 7.24. The van der Waals surface area contributed by atoms with Gasteiger partial charge in [0.05, 0.1) is 5.56 Å². The van der Waals surface area contributed by atoms with Crippen molar-refractivity contribution >= 4 is 11.8 Å². The lowest BCUT2D eigenvalue weighted by Crippen LogP contribution is -2.43. The molecule has 1 aliphatic carbocycles. The Labute approximate surface area is 131 Å². The van der Waals surface area contributed by atoms with Crippen LogP contribution in [0.2, 0.25) is 0 Å². The summed E-state index contributed by atoms with van der Waals surface area (Å²) in [5.41, 5.74) is 5.89. The van der Waals surface area contributed by atoms with Crippen LogP contribution in [0.3, 0.4) is 0 Å². The zero-order valence-corrected chi connectivity index (χ0v) is 13.4. The standard InChI is InChI=1S/C17H25N3O2/c1-12(2)11-20(14-6-4-3-5-7-14)17(22)13-8-9-15(16(18)21)19-10-13/h8-10,12,14H,3-7,11H2,1-2H3,(H2,18,21). The van der Waals surface area contributed by atoms with Crippen molar-refractivity contribution < 1.29 is 9.59 Å². The number of aromatic nitrogens is 1. The van der Waals surface area contributed by atoms with Crippen LogP contribution in [0.25, 0.3) is 0 Å². The van der Waals surface area contributed by atoms with E-state index in [9.17, 15) is 9.59 Å². The molecule has 5 nitrogen and oxygen atoms in total. The van der Waals surface area contributed by atoms with Gasteiger partial charge in [-0.15, -0.1) is 0 Å². The maximum absolute atomic E-state index is 12.8. The lowest BCUT2D eigenvalue weighted by Gasteiger charge is -2.35. The lowest BCUT2D eigenvalue weighted by molar-refractivity contribution is 0.0603. The minimum atomic E-state index is -0.578. The smallest absolute Gasteiger partial charge is 0.267 e. The Morgan fingerprint density at radius 3 is 2.45 bits per heavy atom. The van der Waals surface area contributed by atoms with Crippen LogP contribution in [-0.4, -0.2) is 34.3 Å². The molecular formula is C17H25N3O2. The quantitative estimate of drug-likeness (QED) is 0.908. The fourth-order valence-electron chi connectivity index (χ4n) is 3.02. The van der Waals surface area contributed by atoms with Crippen LogP contribution >= 0.6 is 0 Å². The second kappa shape index (κ2) is 7.38. The number of amides is 2. The van der Waals surface area contributed by atoms with Gasteiger partial charge in [0.1, 0.15) is 5.69 Å². The fourth-order valence-corrected chi connectivity index (χ4v) is 3.02. The van der Waals surface area contributed by atoms with Crippen molar-refractivity contribution in [2.75, 3.05) is 6.54 Å². The Bertz CT molecular complexity index is 519. The van der Waals surface area contributed by atoms with E-state index < -0.39 is 5.91 Å². The third kappa shape index (κ3) is 4.06. The molecule has 0 radical (unpaired) electrons. The van der Waals surface area contributed by atoms with Gasteiger partial charge in [-0.3, -0.25) is 14.6 Å². The first-order valence-electron chi connectivity index (χ1n) is 8.06. The normalized spacial score (nSPS) is 15.8. The SMILES string of the molecule is CC(C)CN(C(=O)c1ccc(C(N)=O)nc1)C1CCCCC1. The Morgan fingerprint density at radius 1 is 1.27 bits per heavy atom. The Balaban J connectivity index is 2.18. The van der Waals surface area contributed by atoms with Crippen molar-refractivity contribution in [1.82, 2.24) is 9.88 Å². The van der Waals surface area contributed by atoms with Gasteiger partial charge in [0.15, 0.2) is 0 Å². The molecule has 1 heterocycles. The molecule has 0 spiro atoms. The molecule has 1 aliphatic rings. The second-order valence-electron chi connectivity index (χ2n) is 6.44. The maximum Gasteiger partial charge on any atom is 0.267 e. The van der Waals surface area contributed by atoms with E-state index in [0.29, 0.717) is 17.5 Å². The number of rotatable bonds is 5. The summed E-state index contributed by atoms with van der Waals surface area (Å²) in [5, 5.41) is 0. The van der Waals surface area contributed by atoms with Crippen LogP contribution < -0.4 is 5.73 Å². The number of nitrogens with two attached hydrogens (primary N) is 1. The molecule has 0 bridgehead atoms. The van der Waals surface area contributed by atoms with Crippen molar-refractivity contribution in [3.05, 3.63) is 29.6 Å². The summed E-state index contributed by atoms with van der Waals surface area (Å²) in [5.74, 6) is -0.154. The summed E-state index contributed by atoms with van der Waals surface area (Å²) in [4.78, 5) is 29.9. The first-order chi connectivity index (χ1) is 10.5. The number of nitrogens with zero attached hydrogens (tertiary/aromatic N) is 2. The molecule has 0 atom stereocenters. The summed E-state index contributed by atoms with van der Waals surface area (Å²) in [6.45, 7) is 5.00. The van der Waals surface area contributed by atoms with Gasteiger partial charge in [0.25, 0.3) is 11.8 Å². The molecule has 0 aliphatic heterocycles. The zero-order chi connectivity index (χ0) is 16.1. The molecular weight excluding hydrogens is 278 g/mol. The lowest BCUT2D eigenvalue weighted by atomic mass is 9.93. The van der Waals surface area contributed by atoms with Gasteiger partial charge in [0, 0.05) is 18.8 Å². The molecule has 1 saturated carbocycles. The van der Waals surface area contributed by atoms with Crippen molar-refractivity contribution in [1.29, 1.82) is 0 Å². The van der Waals surface area contributed by atoms with Crippen molar-refractivity contribution in [3.8, 4) is 0 Å². The average molecular weight is 303 g/mol. The zero-order valence-electron chi connectivity index (χ0n) is 13.4. The van der Waals surface area contributed by atoms with Crippen LogP contribution in [0.4, 0.5) is 0 Å². The van der Waals surface area contributed by atoms with E-state index in [0.717, 1.165) is 19.4 Å². The van der Waals surface area contributed by atoms with Crippen LogP contribution in [0.1, 0.15) is 66.8 Å². The second-order valence-corrected chi connectivity index (χ2v) is 6.44. The molecule has 5 heteroatoms. The predicted octanol–water partition coefficient (Wildman–Crippen LogP) is 2.61.